The van der Waals surface area contributed by atoms with Crippen LogP contribution in [0, 0.1) is 0 Å². The molecule has 0 aromatic rings. The van der Waals surface area contributed by atoms with Crippen molar-refractivity contribution < 1.29 is 9.90 Å². The Bertz CT molecular complexity index is 269. The predicted molar refractivity (Wildman–Crippen MR) is 71.7 cm³/mol. The van der Waals surface area contributed by atoms with Crippen LogP contribution >= 0.6 is 0 Å². The minimum atomic E-state index is -0.663. The Morgan fingerprint density at radius 2 is 1.78 bits per heavy atom. The van der Waals surface area contributed by atoms with Crippen molar-refractivity contribution in [1.82, 2.24) is 9.80 Å². The van der Waals surface area contributed by atoms with Gasteiger partial charge in [0.15, 0.2) is 0 Å². The second-order valence-electron chi connectivity index (χ2n) is 5.63. The van der Waals surface area contributed by atoms with E-state index in [1.54, 1.807) is 0 Å². The molecule has 2 fully saturated rings. The lowest BCUT2D eigenvalue weighted by Crippen LogP contribution is -2.55. The Morgan fingerprint density at radius 1 is 1.17 bits per heavy atom. The van der Waals surface area contributed by atoms with Gasteiger partial charge < -0.3 is 5.11 Å². The molecule has 1 unspecified atom stereocenters. The first-order valence-corrected chi connectivity index (χ1v) is 7.43. The summed E-state index contributed by atoms with van der Waals surface area (Å²) in [7, 11) is 0. The maximum atomic E-state index is 11.2. The first-order valence-electron chi connectivity index (χ1n) is 7.43. The van der Waals surface area contributed by atoms with Crippen LogP contribution in [0.5, 0.6) is 0 Å². The maximum Gasteiger partial charge on any atom is 0.320 e. The highest BCUT2D eigenvalue weighted by Crippen LogP contribution is 2.24. The van der Waals surface area contributed by atoms with Crippen LogP contribution in [0.4, 0.5) is 0 Å². The van der Waals surface area contributed by atoms with Gasteiger partial charge in [-0.3, -0.25) is 14.6 Å². The lowest BCUT2D eigenvalue weighted by molar-refractivity contribution is -0.144. The Morgan fingerprint density at radius 3 is 2.28 bits per heavy atom. The van der Waals surface area contributed by atoms with Crippen molar-refractivity contribution in [2.75, 3.05) is 26.2 Å². The van der Waals surface area contributed by atoms with Crippen molar-refractivity contribution in [1.29, 1.82) is 0 Å². The largest absolute Gasteiger partial charge is 0.480 e. The van der Waals surface area contributed by atoms with Crippen molar-refractivity contribution in [3.05, 3.63) is 0 Å². The standard InChI is InChI=1S/C14H26N2O2/c1-2-13(14(17)18)16-10-8-15(9-11-16)12-6-4-3-5-7-12/h12-13H,2-11H2,1H3,(H,17,18). The molecule has 1 aliphatic heterocycles. The zero-order valence-corrected chi connectivity index (χ0v) is 11.5. The number of hydrogen-bond acceptors (Lipinski definition) is 3. The number of carbonyl (C=O) groups is 1. The minimum absolute atomic E-state index is 0.279. The molecule has 1 saturated carbocycles. The van der Waals surface area contributed by atoms with Gasteiger partial charge in [-0.1, -0.05) is 26.2 Å². The van der Waals surface area contributed by atoms with Gasteiger partial charge in [-0.25, -0.2) is 0 Å². The number of aliphatic carboxylic acids is 1. The van der Waals surface area contributed by atoms with E-state index in [1.807, 2.05) is 6.92 Å². The number of nitrogens with zero attached hydrogens (tertiary/aromatic N) is 2. The van der Waals surface area contributed by atoms with Crippen molar-refractivity contribution in [2.45, 2.75) is 57.5 Å². The summed E-state index contributed by atoms with van der Waals surface area (Å²) in [5.74, 6) is -0.663. The van der Waals surface area contributed by atoms with Gasteiger partial charge >= 0.3 is 5.97 Å². The van der Waals surface area contributed by atoms with Crippen molar-refractivity contribution in [3.8, 4) is 0 Å². The van der Waals surface area contributed by atoms with E-state index in [0.29, 0.717) is 6.42 Å². The molecule has 2 rings (SSSR count). The van der Waals surface area contributed by atoms with Gasteiger partial charge in [0.2, 0.25) is 0 Å². The first-order chi connectivity index (χ1) is 8.72. The second kappa shape index (κ2) is 6.53. The summed E-state index contributed by atoms with van der Waals surface area (Å²) in [6, 6.07) is 0.490. The zero-order chi connectivity index (χ0) is 13.0. The average molecular weight is 254 g/mol. The molecular weight excluding hydrogens is 228 g/mol. The van der Waals surface area contributed by atoms with E-state index in [9.17, 15) is 9.90 Å². The molecule has 0 aromatic carbocycles. The second-order valence-corrected chi connectivity index (χ2v) is 5.63. The molecular formula is C14H26N2O2. The quantitative estimate of drug-likeness (QED) is 0.831. The molecule has 0 bridgehead atoms. The normalized spacial score (nSPS) is 26.1. The van der Waals surface area contributed by atoms with Crippen LogP contribution in [-0.2, 0) is 4.79 Å². The number of rotatable bonds is 4. The molecule has 1 atom stereocenters. The van der Waals surface area contributed by atoms with E-state index in [2.05, 4.69) is 9.80 Å². The fourth-order valence-corrected chi connectivity index (χ4v) is 3.45. The molecule has 4 nitrogen and oxygen atoms in total. The highest BCUT2D eigenvalue weighted by Gasteiger charge is 2.30. The molecule has 1 N–H and O–H groups in total. The van der Waals surface area contributed by atoms with Gasteiger partial charge in [0.1, 0.15) is 6.04 Å². The molecule has 4 heteroatoms. The van der Waals surface area contributed by atoms with E-state index >= 15 is 0 Å². The topological polar surface area (TPSA) is 43.8 Å². The molecule has 2 aliphatic rings. The summed E-state index contributed by atoms with van der Waals surface area (Å²) in [4.78, 5) is 15.9. The molecule has 0 spiro atoms. The molecule has 1 aliphatic carbocycles. The fourth-order valence-electron chi connectivity index (χ4n) is 3.45. The lowest BCUT2D eigenvalue weighted by atomic mass is 9.93. The van der Waals surface area contributed by atoms with Crippen LogP contribution in [0.15, 0.2) is 0 Å². The van der Waals surface area contributed by atoms with Crippen LogP contribution in [0.1, 0.15) is 45.4 Å². The van der Waals surface area contributed by atoms with E-state index < -0.39 is 5.97 Å². The zero-order valence-electron chi connectivity index (χ0n) is 11.5. The summed E-state index contributed by atoms with van der Waals surface area (Å²) in [6.45, 7) is 5.90. The minimum Gasteiger partial charge on any atom is -0.480 e. The van der Waals surface area contributed by atoms with Crippen molar-refractivity contribution in [2.24, 2.45) is 0 Å². The average Bonchev–Trinajstić information content (AvgIpc) is 2.41. The van der Waals surface area contributed by atoms with Crippen LogP contribution in [0.3, 0.4) is 0 Å². The van der Waals surface area contributed by atoms with Gasteiger partial charge in [-0.05, 0) is 19.3 Å². The summed E-state index contributed by atoms with van der Waals surface area (Å²) in [5, 5.41) is 9.18. The molecule has 1 heterocycles. The van der Waals surface area contributed by atoms with E-state index in [4.69, 9.17) is 0 Å². The van der Waals surface area contributed by atoms with Gasteiger partial charge in [0, 0.05) is 32.2 Å². The third-order valence-electron chi connectivity index (χ3n) is 4.55. The smallest absolute Gasteiger partial charge is 0.320 e. The van der Waals surface area contributed by atoms with E-state index in [1.165, 1.54) is 32.1 Å². The Balaban J connectivity index is 1.81. The van der Waals surface area contributed by atoms with Crippen LogP contribution in [-0.4, -0.2) is 59.1 Å². The number of piperazine rings is 1. The molecule has 1 saturated heterocycles. The third kappa shape index (κ3) is 3.23. The van der Waals surface area contributed by atoms with Crippen molar-refractivity contribution in [3.63, 3.8) is 0 Å². The van der Waals surface area contributed by atoms with Crippen LogP contribution in [0.2, 0.25) is 0 Å². The van der Waals surface area contributed by atoms with Gasteiger partial charge in [-0.2, -0.15) is 0 Å². The summed E-state index contributed by atoms with van der Waals surface area (Å²) < 4.78 is 0. The highest BCUT2D eigenvalue weighted by atomic mass is 16.4. The lowest BCUT2D eigenvalue weighted by Gasteiger charge is -2.42. The summed E-state index contributed by atoms with van der Waals surface area (Å²) in [6.07, 6.45) is 7.54. The number of carboxylic acid groups (broad SMARTS) is 1. The summed E-state index contributed by atoms with van der Waals surface area (Å²) in [5.41, 5.74) is 0. The van der Waals surface area contributed by atoms with Crippen molar-refractivity contribution >= 4 is 5.97 Å². The third-order valence-corrected chi connectivity index (χ3v) is 4.55. The van der Waals surface area contributed by atoms with Gasteiger partial charge in [-0.15, -0.1) is 0 Å². The highest BCUT2D eigenvalue weighted by molar-refractivity contribution is 5.73. The Labute approximate surface area is 110 Å². The molecule has 0 aromatic heterocycles. The van der Waals surface area contributed by atoms with E-state index in [0.717, 1.165) is 32.2 Å². The first kappa shape index (κ1) is 13.8. The molecule has 0 amide bonds. The number of hydrogen-bond donors (Lipinski definition) is 1. The molecule has 18 heavy (non-hydrogen) atoms. The van der Waals surface area contributed by atoms with Gasteiger partial charge in [0.25, 0.3) is 0 Å². The number of carboxylic acids is 1. The Hall–Kier alpha value is -0.610. The molecule has 0 radical (unpaired) electrons. The SMILES string of the molecule is CCC(C(=O)O)N1CCN(C2CCCCC2)CC1. The van der Waals surface area contributed by atoms with E-state index in [-0.39, 0.29) is 6.04 Å². The van der Waals surface area contributed by atoms with Crippen LogP contribution < -0.4 is 0 Å². The maximum absolute atomic E-state index is 11.2. The van der Waals surface area contributed by atoms with Gasteiger partial charge in [0.05, 0.1) is 0 Å². The Kier molecular flexibility index (Phi) is 5.01. The predicted octanol–water partition coefficient (Wildman–Crippen LogP) is 1.80. The molecule has 104 valence electrons. The fraction of sp³-hybridized carbons (Fsp3) is 0.929. The monoisotopic (exact) mass is 254 g/mol. The van der Waals surface area contributed by atoms with Crippen LogP contribution in [0.25, 0.3) is 0 Å². The summed E-state index contributed by atoms with van der Waals surface area (Å²) >= 11 is 0.